The van der Waals surface area contributed by atoms with Gasteiger partial charge in [-0.05, 0) is 20.8 Å². The van der Waals surface area contributed by atoms with Gasteiger partial charge < -0.3 is 14.2 Å². The number of nitrogens with zero attached hydrogens (tertiary/aromatic N) is 1. The molecule has 1 saturated heterocycles. The molecule has 100 valence electrons. The number of ether oxygens (including phenoxy) is 3. The molecule has 5 heteroatoms. The lowest BCUT2D eigenvalue weighted by Crippen LogP contribution is -2.48. The highest BCUT2D eigenvalue weighted by molar-refractivity contribution is 5.70. The van der Waals surface area contributed by atoms with Crippen LogP contribution in [-0.4, -0.2) is 62.5 Å². The number of esters is 1. The monoisotopic (exact) mass is 245 g/mol. The molecule has 0 N–H and O–H groups in total. The van der Waals surface area contributed by atoms with Gasteiger partial charge in [0.05, 0.1) is 25.9 Å². The topological polar surface area (TPSA) is 48.0 Å². The molecule has 1 aliphatic heterocycles. The molecule has 0 bridgehead atoms. The van der Waals surface area contributed by atoms with Gasteiger partial charge in [0.15, 0.2) is 0 Å². The van der Waals surface area contributed by atoms with E-state index in [1.807, 2.05) is 0 Å². The maximum absolute atomic E-state index is 11.0. The highest BCUT2D eigenvalue weighted by Gasteiger charge is 2.22. The second kappa shape index (κ2) is 7.63. The summed E-state index contributed by atoms with van der Waals surface area (Å²) in [6.45, 7) is 9.50. The Balaban J connectivity index is 2.11. The van der Waals surface area contributed by atoms with Crippen molar-refractivity contribution in [1.29, 1.82) is 0 Å². The Labute approximate surface area is 103 Å². The van der Waals surface area contributed by atoms with E-state index in [-0.39, 0.29) is 18.7 Å². The third-order valence-corrected chi connectivity index (χ3v) is 2.78. The molecular formula is C12H23NO4. The quantitative estimate of drug-likeness (QED) is 0.508. The van der Waals surface area contributed by atoms with Gasteiger partial charge in [0, 0.05) is 19.1 Å². The third kappa shape index (κ3) is 5.48. The number of hydrogen-bond donors (Lipinski definition) is 0. The van der Waals surface area contributed by atoms with E-state index in [4.69, 9.17) is 14.2 Å². The molecule has 0 aromatic heterocycles. The van der Waals surface area contributed by atoms with Gasteiger partial charge in [-0.3, -0.25) is 4.90 Å². The van der Waals surface area contributed by atoms with E-state index in [0.717, 1.165) is 19.7 Å². The standard InChI is InChI=1S/C12H23NO4/c1-4-16-12(14)9-15-6-5-13-7-11(3)17-8-10(13)2/h10-11H,4-9H2,1-3H3. The Kier molecular flexibility index (Phi) is 6.47. The highest BCUT2D eigenvalue weighted by Crippen LogP contribution is 2.10. The average Bonchev–Trinajstić information content (AvgIpc) is 2.29. The summed E-state index contributed by atoms with van der Waals surface area (Å²) in [5.41, 5.74) is 0. The number of rotatable bonds is 6. The van der Waals surface area contributed by atoms with Gasteiger partial charge in [-0.2, -0.15) is 0 Å². The predicted molar refractivity (Wildman–Crippen MR) is 63.9 cm³/mol. The third-order valence-electron chi connectivity index (χ3n) is 2.78. The largest absolute Gasteiger partial charge is 0.464 e. The fourth-order valence-corrected chi connectivity index (χ4v) is 1.82. The summed E-state index contributed by atoms with van der Waals surface area (Å²) < 4.78 is 15.6. The van der Waals surface area contributed by atoms with E-state index in [1.54, 1.807) is 6.92 Å². The van der Waals surface area contributed by atoms with Crippen molar-refractivity contribution in [2.24, 2.45) is 0 Å². The van der Waals surface area contributed by atoms with Crippen molar-refractivity contribution in [3.05, 3.63) is 0 Å². The summed E-state index contributed by atoms with van der Waals surface area (Å²) in [6.07, 6.45) is 0.274. The smallest absolute Gasteiger partial charge is 0.332 e. The molecular weight excluding hydrogens is 222 g/mol. The number of carbonyl (C=O) groups is 1. The maximum atomic E-state index is 11.0. The Morgan fingerprint density at radius 1 is 1.47 bits per heavy atom. The lowest BCUT2D eigenvalue weighted by Gasteiger charge is -2.36. The zero-order chi connectivity index (χ0) is 12.7. The minimum atomic E-state index is -0.295. The first kappa shape index (κ1) is 14.4. The summed E-state index contributed by atoms with van der Waals surface area (Å²) >= 11 is 0. The summed E-state index contributed by atoms with van der Waals surface area (Å²) in [7, 11) is 0. The van der Waals surface area contributed by atoms with Gasteiger partial charge in [-0.15, -0.1) is 0 Å². The number of carbonyl (C=O) groups excluding carboxylic acids is 1. The van der Waals surface area contributed by atoms with Crippen LogP contribution in [0.3, 0.4) is 0 Å². The van der Waals surface area contributed by atoms with E-state index in [1.165, 1.54) is 0 Å². The minimum absolute atomic E-state index is 0.0438. The molecule has 0 aromatic carbocycles. The van der Waals surface area contributed by atoms with Crippen molar-refractivity contribution in [2.45, 2.75) is 32.9 Å². The molecule has 0 radical (unpaired) electrons. The van der Waals surface area contributed by atoms with Gasteiger partial charge in [0.1, 0.15) is 6.61 Å². The molecule has 0 aromatic rings. The summed E-state index contributed by atoms with van der Waals surface area (Å²) in [5, 5.41) is 0. The average molecular weight is 245 g/mol. The van der Waals surface area contributed by atoms with Crippen LogP contribution in [0.15, 0.2) is 0 Å². The Morgan fingerprint density at radius 2 is 2.24 bits per heavy atom. The highest BCUT2D eigenvalue weighted by atomic mass is 16.6. The van der Waals surface area contributed by atoms with E-state index in [9.17, 15) is 4.79 Å². The van der Waals surface area contributed by atoms with Gasteiger partial charge >= 0.3 is 5.97 Å². The van der Waals surface area contributed by atoms with Crippen LogP contribution >= 0.6 is 0 Å². The summed E-state index contributed by atoms with van der Waals surface area (Å²) in [4.78, 5) is 13.3. The summed E-state index contributed by atoms with van der Waals surface area (Å²) in [5.74, 6) is -0.295. The van der Waals surface area contributed by atoms with Crippen molar-refractivity contribution in [3.8, 4) is 0 Å². The molecule has 0 spiro atoms. The van der Waals surface area contributed by atoms with Crippen molar-refractivity contribution >= 4 is 5.97 Å². The lowest BCUT2D eigenvalue weighted by molar-refractivity contribution is -0.148. The van der Waals surface area contributed by atoms with E-state index in [0.29, 0.717) is 19.3 Å². The fraction of sp³-hybridized carbons (Fsp3) is 0.917. The van der Waals surface area contributed by atoms with Crippen LogP contribution in [0.1, 0.15) is 20.8 Å². The van der Waals surface area contributed by atoms with Crippen molar-refractivity contribution < 1.29 is 19.0 Å². The van der Waals surface area contributed by atoms with Crippen LogP contribution in [0.2, 0.25) is 0 Å². The zero-order valence-corrected chi connectivity index (χ0v) is 11.0. The van der Waals surface area contributed by atoms with Gasteiger partial charge in [0.2, 0.25) is 0 Å². The first-order valence-electron chi connectivity index (χ1n) is 6.22. The van der Waals surface area contributed by atoms with Gasteiger partial charge in [-0.1, -0.05) is 0 Å². The van der Waals surface area contributed by atoms with Crippen LogP contribution in [0, 0.1) is 0 Å². The van der Waals surface area contributed by atoms with Crippen LogP contribution < -0.4 is 0 Å². The molecule has 1 rings (SSSR count). The van der Waals surface area contributed by atoms with Crippen LogP contribution in [0.25, 0.3) is 0 Å². The predicted octanol–water partition coefficient (Wildman–Crippen LogP) is 0.675. The van der Waals surface area contributed by atoms with Crippen molar-refractivity contribution in [1.82, 2.24) is 4.90 Å². The van der Waals surface area contributed by atoms with E-state index in [2.05, 4.69) is 18.7 Å². The normalized spacial score (nSPS) is 25.8. The summed E-state index contributed by atoms with van der Waals surface area (Å²) in [6, 6.07) is 0.414. The molecule has 0 aliphatic carbocycles. The molecule has 1 fully saturated rings. The number of hydrogen-bond acceptors (Lipinski definition) is 5. The van der Waals surface area contributed by atoms with E-state index < -0.39 is 0 Å². The molecule has 0 amide bonds. The van der Waals surface area contributed by atoms with Crippen LogP contribution in [-0.2, 0) is 19.0 Å². The SMILES string of the molecule is CCOC(=O)COCCN1CC(C)OCC1C. The second-order valence-electron chi connectivity index (χ2n) is 4.35. The van der Waals surface area contributed by atoms with Crippen molar-refractivity contribution in [3.63, 3.8) is 0 Å². The van der Waals surface area contributed by atoms with Crippen molar-refractivity contribution in [2.75, 3.05) is 39.5 Å². The molecule has 0 saturated carbocycles. The zero-order valence-electron chi connectivity index (χ0n) is 11.0. The maximum Gasteiger partial charge on any atom is 0.332 e. The second-order valence-corrected chi connectivity index (χ2v) is 4.35. The molecule has 1 heterocycles. The van der Waals surface area contributed by atoms with Crippen LogP contribution in [0.4, 0.5) is 0 Å². The lowest BCUT2D eigenvalue weighted by atomic mass is 10.2. The Hall–Kier alpha value is -0.650. The molecule has 2 unspecified atom stereocenters. The Morgan fingerprint density at radius 3 is 2.94 bits per heavy atom. The van der Waals surface area contributed by atoms with E-state index >= 15 is 0 Å². The number of morpholine rings is 1. The first-order valence-corrected chi connectivity index (χ1v) is 6.22. The molecule has 1 aliphatic rings. The fourth-order valence-electron chi connectivity index (χ4n) is 1.82. The molecule has 17 heavy (non-hydrogen) atoms. The van der Waals surface area contributed by atoms with Gasteiger partial charge in [-0.25, -0.2) is 4.79 Å². The van der Waals surface area contributed by atoms with Crippen LogP contribution in [0.5, 0.6) is 0 Å². The molecule has 5 nitrogen and oxygen atoms in total. The molecule has 2 atom stereocenters. The first-order chi connectivity index (χ1) is 8.13. The minimum Gasteiger partial charge on any atom is -0.464 e. The van der Waals surface area contributed by atoms with Gasteiger partial charge in [0.25, 0.3) is 0 Å². The Bertz CT molecular complexity index is 235.